The van der Waals surface area contributed by atoms with E-state index >= 15 is 0 Å². The van der Waals surface area contributed by atoms with Gasteiger partial charge in [-0.1, -0.05) is 66.2 Å². The molecular formula is C32H32N4O5S. The Balaban J connectivity index is 1.31. The first-order valence-corrected chi connectivity index (χ1v) is 14.7. The van der Waals surface area contributed by atoms with Gasteiger partial charge in [0, 0.05) is 0 Å². The number of aryl methyl sites for hydroxylation is 1. The van der Waals surface area contributed by atoms with Crippen LogP contribution in [0.3, 0.4) is 0 Å². The van der Waals surface area contributed by atoms with E-state index in [0.29, 0.717) is 17.0 Å². The number of hydrazone groups is 1. The van der Waals surface area contributed by atoms with Crippen LogP contribution in [0.1, 0.15) is 29.7 Å². The average molecular weight is 585 g/mol. The SMILES string of the molecule is Cc1ccc(S(=O)(=O)N(CC(=O)N/N=C\c2ccc(OCC(=O)N[C@H](C)c3ccccc3)cc2)c2ccccc2)cc1. The molecular weight excluding hydrogens is 552 g/mol. The Labute approximate surface area is 245 Å². The van der Waals surface area contributed by atoms with Crippen LogP contribution in [0.5, 0.6) is 5.75 Å². The second-order valence-electron chi connectivity index (χ2n) is 9.51. The van der Waals surface area contributed by atoms with Gasteiger partial charge < -0.3 is 10.1 Å². The number of amides is 2. The smallest absolute Gasteiger partial charge is 0.264 e. The summed E-state index contributed by atoms with van der Waals surface area (Å²) in [4.78, 5) is 25.1. The Morgan fingerprint density at radius 2 is 1.48 bits per heavy atom. The fourth-order valence-corrected chi connectivity index (χ4v) is 5.42. The van der Waals surface area contributed by atoms with Gasteiger partial charge in [-0.2, -0.15) is 5.10 Å². The average Bonchev–Trinajstić information content (AvgIpc) is 3.00. The van der Waals surface area contributed by atoms with Gasteiger partial charge in [-0.15, -0.1) is 0 Å². The Morgan fingerprint density at radius 1 is 0.857 bits per heavy atom. The second kappa shape index (κ2) is 14.1. The highest BCUT2D eigenvalue weighted by atomic mass is 32.2. The maximum absolute atomic E-state index is 13.4. The lowest BCUT2D eigenvalue weighted by Gasteiger charge is -2.23. The van der Waals surface area contributed by atoms with Gasteiger partial charge in [-0.05, 0) is 73.5 Å². The van der Waals surface area contributed by atoms with Gasteiger partial charge in [0.15, 0.2) is 6.61 Å². The Bertz CT molecular complexity index is 1610. The molecule has 0 unspecified atom stereocenters. The van der Waals surface area contributed by atoms with Gasteiger partial charge in [-0.25, -0.2) is 13.8 Å². The highest BCUT2D eigenvalue weighted by Crippen LogP contribution is 2.23. The molecule has 4 aromatic carbocycles. The molecule has 0 fully saturated rings. The molecule has 2 amide bonds. The van der Waals surface area contributed by atoms with Crippen LogP contribution in [0.15, 0.2) is 119 Å². The zero-order valence-corrected chi connectivity index (χ0v) is 24.1. The number of hydrogen-bond donors (Lipinski definition) is 2. The van der Waals surface area contributed by atoms with Crippen molar-refractivity contribution in [1.29, 1.82) is 0 Å². The predicted octanol–water partition coefficient (Wildman–Crippen LogP) is 4.60. The van der Waals surface area contributed by atoms with Crippen molar-refractivity contribution in [2.75, 3.05) is 17.5 Å². The number of hydrogen-bond acceptors (Lipinski definition) is 6. The molecule has 0 aliphatic carbocycles. The summed E-state index contributed by atoms with van der Waals surface area (Å²) in [5.74, 6) is -0.353. The number of nitrogens with zero attached hydrogens (tertiary/aromatic N) is 2. The van der Waals surface area contributed by atoms with E-state index in [0.717, 1.165) is 15.4 Å². The predicted molar refractivity (Wildman–Crippen MR) is 163 cm³/mol. The lowest BCUT2D eigenvalue weighted by molar-refractivity contribution is -0.123. The number of sulfonamides is 1. The third-order valence-corrected chi connectivity index (χ3v) is 8.06. The van der Waals surface area contributed by atoms with E-state index in [2.05, 4.69) is 15.8 Å². The maximum atomic E-state index is 13.4. The number of carbonyl (C=O) groups excluding carboxylic acids is 2. The van der Waals surface area contributed by atoms with Crippen LogP contribution in [-0.4, -0.2) is 39.6 Å². The zero-order chi connectivity index (χ0) is 30.0. The normalized spacial score (nSPS) is 12.0. The van der Waals surface area contributed by atoms with E-state index < -0.39 is 22.5 Å². The van der Waals surface area contributed by atoms with E-state index in [-0.39, 0.29) is 23.5 Å². The standard InChI is InChI=1S/C32H32N4O5S/c1-24-13-19-30(20-14-24)42(39,40)36(28-11-7-4-8-12-28)22-31(37)35-33-21-26-15-17-29(18-16-26)41-23-32(38)34-25(2)27-9-5-3-6-10-27/h3-21,25H,22-23H2,1-2H3,(H,34,38)(H,35,37)/b33-21-/t25-/m1/s1. The first kappa shape index (κ1) is 30.0. The fourth-order valence-electron chi connectivity index (χ4n) is 4.00. The minimum absolute atomic E-state index is 0.0822. The minimum atomic E-state index is -4.00. The molecule has 1 atom stereocenters. The molecule has 10 heteroatoms. The Kier molecular flexibility index (Phi) is 10.1. The van der Waals surface area contributed by atoms with Gasteiger partial charge in [-0.3, -0.25) is 13.9 Å². The van der Waals surface area contributed by atoms with Gasteiger partial charge in [0.1, 0.15) is 12.3 Å². The third kappa shape index (κ3) is 8.28. The lowest BCUT2D eigenvalue weighted by atomic mass is 10.1. The molecule has 0 radical (unpaired) electrons. The van der Waals surface area contributed by atoms with E-state index in [9.17, 15) is 18.0 Å². The molecule has 216 valence electrons. The summed E-state index contributed by atoms with van der Waals surface area (Å²) >= 11 is 0. The van der Waals surface area contributed by atoms with Gasteiger partial charge >= 0.3 is 0 Å². The summed E-state index contributed by atoms with van der Waals surface area (Å²) < 4.78 is 33.4. The van der Waals surface area contributed by atoms with E-state index in [1.165, 1.54) is 18.3 Å². The summed E-state index contributed by atoms with van der Waals surface area (Å²) in [7, 11) is -4.00. The molecule has 0 saturated carbocycles. The Morgan fingerprint density at radius 3 is 2.12 bits per heavy atom. The number of anilines is 1. The highest BCUT2D eigenvalue weighted by Gasteiger charge is 2.27. The largest absolute Gasteiger partial charge is 0.484 e. The molecule has 0 aromatic heterocycles. The minimum Gasteiger partial charge on any atom is -0.484 e. The number of carbonyl (C=O) groups is 2. The number of para-hydroxylation sites is 1. The van der Waals surface area contributed by atoms with E-state index in [4.69, 9.17) is 4.74 Å². The van der Waals surface area contributed by atoms with Crippen molar-refractivity contribution in [3.8, 4) is 5.75 Å². The molecule has 4 rings (SSSR count). The van der Waals surface area contributed by atoms with Crippen LogP contribution < -0.4 is 19.8 Å². The van der Waals surface area contributed by atoms with Crippen molar-refractivity contribution >= 4 is 33.7 Å². The summed E-state index contributed by atoms with van der Waals surface area (Å²) in [6.45, 7) is 3.17. The van der Waals surface area contributed by atoms with Crippen molar-refractivity contribution in [3.05, 3.63) is 126 Å². The summed E-state index contributed by atoms with van der Waals surface area (Å²) in [6, 6.07) is 31.2. The van der Waals surface area contributed by atoms with Crippen LogP contribution in [0.25, 0.3) is 0 Å². The summed E-state index contributed by atoms with van der Waals surface area (Å²) in [5, 5.41) is 6.86. The molecule has 0 heterocycles. The van der Waals surface area contributed by atoms with Gasteiger partial charge in [0.05, 0.1) is 22.8 Å². The van der Waals surface area contributed by atoms with Gasteiger partial charge in [0.2, 0.25) is 0 Å². The monoisotopic (exact) mass is 584 g/mol. The molecule has 9 nitrogen and oxygen atoms in total. The summed E-state index contributed by atoms with van der Waals surface area (Å²) in [5.41, 5.74) is 5.34. The topological polar surface area (TPSA) is 117 Å². The molecule has 2 N–H and O–H groups in total. The lowest BCUT2D eigenvalue weighted by Crippen LogP contribution is -2.39. The first-order chi connectivity index (χ1) is 20.2. The van der Waals surface area contributed by atoms with Crippen LogP contribution in [0, 0.1) is 6.92 Å². The highest BCUT2D eigenvalue weighted by molar-refractivity contribution is 7.92. The second-order valence-corrected chi connectivity index (χ2v) is 11.4. The fraction of sp³-hybridized carbons (Fsp3) is 0.156. The van der Waals surface area contributed by atoms with Crippen molar-refractivity contribution in [2.45, 2.75) is 24.8 Å². The quantitative estimate of drug-likeness (QED) is 0.187. The van der Waals surface area contributed by atoms with Crippen LogP contribution in [0.4, 0.5) is 5.69 Å². The first-order valence-electron chi connectivity index (χ1n) is 13.3. The number of benzene rings is 4. The van der Waals surface area contributed by atoms with E-state index in [1.807, 2.05) is 44.2 Å². The molecule has 42 heavy (non-hydrogen) atoms. The zero-order valence-electron chi connectivity index (χ0n) is 23.3. The van der Waals surface area contributed by atoms with Gasteiger partial charge in [0.25, 0.3) is 21.8 Å². The molecule has 0 bridgehead atoms. The van der Waals surface area contributed by atoms with E-state index in [1.54, 1.807) is 66.7 Å². The molecule has 0 saturated heterocycles. The van der Waals surface area contributed by atoms with Crippen molar-refractivity contribution in [1.82, 2.24) is 10.7 Å². The van der Waals surface area contributed by atoms with Crippen LogP contribution in [0.2, 0.25) is 0 Å². The van der Waals surface area contributed by atoms with Crippen LogP contribution >= 0.6 is 0 Å². The molecule has 4 aromatic rings. The number of nitrogens with one attached hydrogen (secondary N) is 2. The third-order valence-electron chi connectivity index (χ3n) is 6.27. The molecule has 0 aliphatic heterocycles. The van der Waals surface area contributed by atoms with Crippen molar-refractivity contribution < 1.29 is 22.7 Å². The molecule has 0 aliphatic rings. The number of rotatable bonds is 12. The Hall–Kier alpha value is -4.96. The molecule has 0 spiro atoms. The van der Waals surface area contributed by atoms with Crippen LogP contribution in [-0.2, 0) is 19.6 Å². The van der Waals surface area contributed by atoms with Crippen molar-refractivity contribution in [3.63, 3.8) is 0 Å². The maximum Gasteiger partial charge on any atom is 0.264 e. The summed E-state index contributed by atoms with van der Waals surface area (Å²) in [6.07, 6.45) is 1.43. The number of ether oxygens (including phenoxy) is 1. The van der Waals surface area contributed by atoms with Crippen molar-refractivity contribution in [2.24, 2.45) is 5.10 Å².